The molecule has 3 heterocycles. The minimum atomic E-state index is -1.03. The number of imide groups is 1. The molecule has 2 unspecified atom stereocenters. The maximum Gasteiger partial charge on any atom is 0.344 e. The van der Waals surface area contributed by atoms with E-state index < -0.39 is 23.4 Å². The number of hydrogen-bond donors (Lipinski definition) is 3. The molecule has 3 N–H and O–H groups in total. The van der Waals surface area contributed by atoms with Crippen molar-refractivity contribution in [1.82, 2.24) is 25.7 Å². The summed E-state index contributed by atoms with van der Waals surface area (Å²) in [5.74, 6) is -0.697. The van der Waals surface area contributed by atoms with Crippen molar-refractivity contribution < 1.29 is 14.4 Å². The quantitative estimate of drug-likeness (QED) is 0.313. The second kappa shape index (κ2) is 8.99. The Labute approximate surface area is 188 Å². The van der Waals surface area contributed by atoms with Crippen molar-refractivity contribution >= 4 is 51.2 Å². The van der Waals surface area contributed by atoms with E-state index in [-0.39, 0.29) is 11.3 Å². The van der Waals surface area contributed by atoms with Gasteiger partial charge in [0.2, 0.25) is 5.91 Å². The van der Waals surface area contributed by atoms with Crippen molar-refractivity contribution in [3.63, 3.8) is 0 Å². The van der Waals surface area contributed by atoms with Gasteiger partial charge >= 0.3 is 6.03 Å². The summed E-state index contributed by atoms with van der Waals surface area (Å²) < 4.78 is 0. The molecule has 1 fully saturated rings. The number of thiophene rings is 1. The summed E-state index contributed by atoms with van der Waals surface area (Å²) in [6.45, 7) is 9.65. The highest BCUT2D eigenvalue weighted by Gasteiger charge is 2.47. The SMILES string of the molecule is CCC(C)Cc1c(C)sc2nc(SCC(=O)NN3C(=O)NC(C)(CC)C3=O)[nH]c(=O)c12. The van der Waals surface area contributed by atoms with Gasteiger partial charge in [-0.25, -0.2) is 9.78 Å². The number of aromatic amines is 1. The molecule has 0 bridgehead atoms. The lowest BCUT2D eigenvalue weighted by molar-refractivity contribution is -0.137. The third-order valence-electron chi connectivity index (χ3n) is 5.64. The zero-order valence-electron chi connectivity index (χ0n) is 18.2. The summed E-state index contributed by atoms with van der Waals surface area (Å²) in [5.41, 5.74) is 2.12. The molecule has 11 heteroatoms. The van der Waals surface area contributed by atoms with E-state index in [9.17, 15) is 19.2 Å². The third-order valence-corrected chi connectivity index (χ3v) is 7.55. The van der Waals surface area contributed by atoms with Crippen LogP contribution >= 0.6 is 23.1 Å². The van der Waals surface area contributed by atoms with Crippen LogP contribution in [0.4, 0.5) is 4.79 Å². The second-order valence-corrected chi connectivity index (χ2v) is 10.2. The van der Waals surface area contributed by atoms with Crippen molar-refractivity contribution in [1.29, 1.82) is 0 Å². The normalized spacial score (nSPS) is 19.7. The van der Waals surface area contributed by atoms with Crippen LogP contribution in [0.3, 0.4) is 0 Å². The molecule has 0 aliphatic carbocycles. The Balaban J connectivity index is 1.70. The number of thioether (sulfide) groups is 1. The first-order chi connectivity index (χ1) is 14.6. The number of fused-ring (bicyclic) bond motifs is 1. The molecular weight excluding hydrogens is 438 g/mol. The number of carbonyl (C=O) groups excluding carboxylic acids is 3. The molecule has 9 nitrogen and oxygen atoms in total. The Kier molecular flexibility index (Phi) is 6.75. The number of rotatable bonds is 8. The van der Waals surface area contributed by atoms with Crippen LogP contribution in [-0.2, 0) is 16.0 Å². The van der Waals surface area contributed by atoms with Crippen LogP contribution in [0.15, 0.2) is 9.95 Å². The van der Waals surface area contributed by atoms with Gasteiger partial charge in [0.05, 0.1) is 11.1 Å². The molecule has 0 saturated carbocycles. The zero-order valence-corrected chi connectivity index (χ0v) is 19.9. The fraction of sp³-hybridized carbons (Fsp3) is 0.550. The molecule has 0 spiro atoms. The van der Waals surface area contributed by atoms with Crippen LogP contribution in [0.2, 0.25) is 0 Å². The van der Waals surface area contributed by atoms with E-state index >= 15 is 0 Å². The Bertz CT molecular complexity index is 1100. The Morgan fingerprint density at radius 3 is 2.65 bits per heavy atom. The lowest BCUT2D eigenvalue weighted by Crippen LogP contribution is -2.49. The molecule has 3 rings (SSSR count). The van der Waals surface area contributed by atoms with Crippen molar-refractivity contribution in [3.05, 3.63) is 20.8 Å². The van der Waals surface area contributed by atoms with Gasteiger partial charge in [0.1, 0.15) is 10.4 Å². The average Bonchev–Trinajstić information content (AvgIpc) is 3.15. The van der Waals surface area contributed by atoms with E-state index in [2.05, 4.69) is 34.6 Å². The van der Waals surface area contributed by atoms with Gasteiger partial charge in [0.25, 0.3) is 11.5 Å². The van der Waals surface area contributed by atoms with Gasteiger partial charge in [0.15, 0.2) is 5.16 Å². The molecule has 4 amide bonds. The van der Waals surface area contributed by atoms with Crippen LogP contribution in [0, 0.1) is 12.8 Å². The smallest absolute Gasteiger partial charge is 0.322 e. The molecule has 0 radical (unpaired) electrons. The van der Waals surface area contributed by atoms with Crippen LogP contribution in [0.25, 0.3) is 10.2 Å². The fourth-order valence-electron chi connectivity index (χ4n) is 3.28. The van der Waals surface area contributed by atoms with E-state index in [0.29, 0.717) is 32.7 Å². The number of H-pyrrole nitrogens is 1. The largest absolute Gasteiger partial charge is 0.344 e. The highest BCUT2D eigenvalue weighted by Crippen LogP contribution is 2.30. The first kappa shape index (κ1) is 23.3. The Morgan fingerprint density at radius 1 is 1.32 bits per heavy atom. The Morgan fingerprint density at radius 2 is 2.03 bits per heavy atom. The van der Waals surface area contributed by atoms with Crippen molar-refractivity contribution in [2.45, 2.75) is 64.6 Å². The van der Waals surface area contributed by atoms with E-state index in [0.717, 1.165) is 35.0 Å². The predicted molar refractivity (Wildman–Crippen MR) is 121 cm³/mol. The van der Waals surface area contributed by atoms with Crippen LogP contribution in [-0.4, -0.2) is 44.1 Å². The lowest BCUT2D eigenvalue weighted by Gasteiger charge is -2.19. The molecule has 2 atom stereocenters. The average molecular weight is 466 g/mol. The number of urea groups is 1. The molecule has 168 valence electrons. The highest BCUT2D eigenvalue weighted by molar-refractivity contribution is 7.99. The van der Waals surface area contributed by atoms with E-state index in [4.69, 9.17) is 0 Å². The summed E-state index contributed by atoms with van der Waals surface area (Å²) in [5, 5.41) is 4.21. The van der Waals surface area contributed by atoms with Gasteiger partial charge in [-0.2, -0.15) is 5.01 Å². The van der Waals surface area contributed by atoms with Crippen LogP contribution in [0.5, 0.6) is 0 Å². The monoisotopic (exact) mass is 465 g/mol. The summed E-state index contributed by atoms with van der Waals surface area (Å²) in [4.78, 5) is 58.4. The van der Waals surface area contributed by atoms with E-state index in [1.54, 1.807) is 13.8 Å². The standard InChI is InChI=1S/C20H27N5O4S2/c1-6-10(3)8-12-11(4)31-16-14(12)15(27)21-18(22-16)30-9-13(26)24-25-17(28)20(5,7-2)23-19(25)29/h10H,6-9H2,1-5H3,(H,23,29)(H,24,26)(H,21,22,27). The number of carbonyl (C=O) groups is 3. The number of hydrogen-bond acceptors (Lipinski definition) is 7. The summed E-state index contributed by atoms with van der Waals surface area (Å²) in [6, 6.07) is -0.663. The molecule has 0 aromatic carbocycles. The first-order valence-electron chi connectivity index (χ1n) is 10.2. The van der Waals surface area contributed by atoms with Crippen LogP contribution in [0.1, 0.15) is 51.0 Å². The molecule has 1 aliphatic rings. The van der Waals surface area contributed by atoms with E-state index in [1.165, 1.54) is 11.3 Å². The maximum atomic E-state index is 12.7. The molecule has 1 saturated heterocycles. The van der Waals surface area contributed by atoms with Gasteiger partial charge in [-0.1, -0.05) is 39.0 Å². The lowest BCUT2D eigenvalue weighted by atomic mass is 9.98. The maximum absolute atomic E-state index is 12.7. The summed E-state index contributed by atoms with van der Waals surface area (Å²) >= 11 is 2.51. The molecule has 2 aromatic heterocycles. The highest BCUT2D eigenvalue weighted by atomic mass is 32.2. The topological polar surface area (TPSA) is 124 Å². The zero-order chi connectivity index (χ0) is 22.9. The molecular formula is C20H27N5O4S2. The Hall–Kier alpha value is -2.40. The number of nitrogens with zero attached hydrogens (tertiary/aromatic N) is 2. The van der Waals surface area contributed by atoms with Gasteiger partial charge in [0, 0.05) is 4.88 Å². The predicted octanol–water partition coefficient (Wildman–Crippen LogP) is 2.73. The number of hydrazine groups is 1. The molecule has 1 aliphatic heterocycles. The fourth-order valence-corrected chi connectivity index (χ4v) is 5.04. The minimum Gasteiger partial charge on any atom is -0.322 e. The van der Waals surface area contributed by atoms with Gasteiger partial charge in [-0.05, 0) is 38.2 Å². The van der Waals surface area contributed by atoms with E-state index in [1.807, 2.05) is 6.92 Å². The summed E-state index contributed by atoms with van der Waals surface area (Å²) in [7, 11) is 0. The number of aryl methyl sites for hydroxylation is 1. The van der Waals surface area contributed by atoms with Crippen molar-refractivity contribution in [3.8, 4) is 0 Å². The molecule has 2 aromatic rings. The first-order valence-corrected chi connectivity index (χ1v) is 12.0. The van der Waals surface area contributed by atoms with Crippen molar-refractivity contribution in [2.75, 3.05) is 5.75 Å². The van der Waals surface area contributed by atoms with Crippen LogP contribution < -0.4 is 16.3 Å². The van der Waals surface area contributed by atoms with Gasteiger partial charge in [-0.3, -0.25) is 19.8 Å². The minimum absolute atomic E-state index is 0.113. The second-order valence-electron chi connectivity index (χ2n) is 7.99. The third kappa shape index (κ3) is 4.62. The van der Waals surface area contributed by atoms with Gasteiger partial charge < -0.3 is 10.3 Å². The molecule has 31 heavy (non-hydrogen) atoms. The number of aromatic nitrogens is 2. The number of nitrogens with one attached hydrogen (secondary N) is 3. The number of amides is 4. The summed E-state index contributed by atoms with van der Waals surface area (Å²) in [6.07, 6.45) is 2.26. The van der Waals surface area contributed by atoms with Gasteiger partial charge in [-0.15, -0.1) is 11.3 Å². The van der Waals surface area contributed by atoms with Crippen molar-refractivity contribution in [2.24, 2.45) is 5.92 Å².